The fourth-order valence-electron chi connectivity index (χ4n) is 2.10. The van der Waals surface area contributed by atoms with Crippen LogP contribution >= 0.6 is 0 Å². The molecule has 1 saturated carbocycles. The minimum absolute atomic E-state index is 0.381. The van der Waals surface area contributed by atoms with Crippen molar-refractivity contribution in [3.63, 3.8) is 0 Å². The molecular weight excluding hydrogens is 162 g/mol. The number of nitrogens with zero attached hydrogens (tertiary/aromatic N) is 2. The van der Waals surface area contributed by atoms with Crippen LogP contribution in [-0.2, 0) is 6.54 Å². The minimum atomic E-state index is 0.381. The van der Waals surface area contributed by atoms with E-state index in [9.17, 15) is 0 Å². The molecule has 0 aliphatic heterocycles. The van der Waals surface area contributed by atoms with Crippen molar-refractivity contribution < 1.29 is 0 Å². The monoisotopic (exact) mass is 179 g/mol. The maximum atomic E-state index is 5.85. The van der Waals surface area contributed by atoms with Crippen LogP contribution in [0.4, 0.5) is 0 Å². The van der Waals surface area contributed by atoms with E-state index in [0.717, 1.165) is 18.7 Å². The van der Waals surface area contributed by atoms with Crippen LogP contribution in [0.3, 0.4) is 0 Å². The zero-order valence-electron chi connectivity index (χ0n) is 8.54. The lowest BCUT2D eigenvalue weighted by Gasteiger charge is -2.00. The quantitative estimate of drug-likeness (QED) is 0.744. The first-order valence-corrected chi connectivity index (χ1v) is 4.94. The van der Waals surface area contributed by atoms with Crippen LogP contribution in [0.15, 0.2) is 0 Å². The number of rotatable bonds is 2. The topological polar surface area (TPSA) is 43.8 Å². The zero-order chi connectivity index (χ0) is 9.59. The first-order valence-electron chi connectivity index (χ1n) is 4.94. The van der Waals surface area contributed by atoms with Gasteiger partial charge in [0.05, 0.1) is 5.69 Å². The molecule has 0 amide bonds. The molecule has 2 atom stereocenters. The molecule has 2 rings (SSSR count). The van der Waals surface area contributed by atoms with E-state index in [1.807, 2.05) is 0 Å². The van der Waals surface area contributed by atoms with Crippen LogP contribution in [-0.4, -0.2) is 15.8 Å². The number of hydrogen-bond donors (Lipinski definition) is 1. The summed E-state index contributed by atoms with van der Waals surface area (Å²) in [6.07, 6.45) is 1.14. The molecule has 1 aliphatic rings. The summed E-state index contributed by atoms with van der Waals surface area (Å²) < 4.78 is 2.07. The fourth-order valence-corrected chi connectivity index (χ4v) is 2.10. The highest BCUT2D eigenvalue weighted by atomic mass is 15.3. The Labute approximate surface area is 78.9 Å². The summed E-state index contributed by atoms with van der Waals surface area (Å²) in [4.78, 5) is 0. The molecule has 72 valence electrons. The van der Waals surface area contributed by atoms with Crippen LogP contribution in [0.1, 0.15) is 36.2 Å². The van der Waals surface area contributed by atoms with Gasteiger partial charge in [-0.05, 0) is 27.2 Å². The maximum absolute atomic E-state index is 5.85. The molecule has 1 heterocycles. The second-order valence-corrected chi connectivity index (χ2v) is 3.91. The second-order valence-electron chi connectivity index (χ2n) is 3.91. The van der Waals surface area contributed by atoms with E-state index in [4.69, 9.17) is 5.73 Å². The van der Waals surface area contributed by atoms with Gasteiger partial charge < -0.3 is 5.73 Å². The molecule has 2 unspecified atom stereocenters. The Hall–Kier alpha value is -0.830. The lowest BCUT2D eigenvalue weighted by atomic mass is 10.1. The average Bonchev–Trinajstić information content (AvgIpc) is 2.70. The summed E-state index contributed by atoms with van der Waals surface area (Å²) in [5, 5.41) is 4.49. The molecule has 2 N–H and O–H groups in total. The maximum Gasteiger partial charge on any atom is 0.0631 e. The van der Waals surface area contributed by atoms with E-state index in [2.05, 4.69) is 30.6 Å². The van der Waals surface area contributed by atoms with Gasteiger partial charge in [0.1, 0.15) is 0 Å². The Kier molecular flexibility index (Phi) is 1.91. The third-order valence-electron chi connectivity index (χ3n) is 2.95. The van der Waals surface area contributed by atoms with Gasteiger partial charge >= 0.3 is 0 Å². The van der Waals surface area contributed by atoms with Crippen molar-refractivity contribution in [2.75, 3.05) is 0 Å². The zero-order valence-corrected chi connectivity index (χ0v) is 8.54. The van der Waals surface area contributed by atoms with Gasteiger partial charge in [-0.25, -0.2) is 0 Å². The summed E-state index contributed by atoms with van der Waals surface area (Å²) in [6, 6.07) is 0.381. The fraction of sp³-hybridized carbons (Fsp3) is 0.700. The van der Waals surface area contributed by atoms with Gasteiger partial charge in [0, 0.05) is 29.8 Å². The molecule has 13 heavy (non-hydrogen) atoms. The predicted molar refractivity (Wildman–Crippen MR) is 52.7 cm³/mol. The molecule has 0 radical (unpaired) electrons. The molecular formula is C10H17N3. The van der Waals surface area contributed by atoms with Crippen LogP contribution in [0.2, 0.25) is 0 Å². The molecule has 1 aromatic heterocycles. The van der Waals surface area contributed by atoms with E-state index in [-0.39, 0.29) is 0 Å². The van der Waals surface area contributed by atoms with Crippen molar-refractivity contribution in [2.24, 2.45) is 5.73 Å². The molecule has 1 aromatic rings. The van der Waals surface area contributed by atoms with E-state index >= 15 is 0 Å². The van der Waals surface area contributed by atoms with Crippen molar-refractivity contribution in [1.82, 2.24) is 9.78 Å². The molecule has 3 nitrogen and oxygen atoms in total. The average molecular weight is 179 g/mol. The minimum Gasteiger partial charge on any atom is -0.327 e. The first kappa shape index (κ1) is 8.75. The Morgan fingerprint density at radius 2 is 2.15 bits per heavy atom. The van der Waals surface area contributed by atoms with E-state index in [1.165, 1.54) is 11.3 Å². The highest BCUT2D eigenvalue weighted by Crippen LogP contribution is 2.41. The van der Waals surface area contributed by atoms with Crippen LogP contribution in [0.5, 0.6) is 0 Å². The van der Waals surface area contributed by atoms with E-state index < -0.39 is 0 Å². The van der Waals surface area contributed by atoms with Gasteiger partial charge in [-0.1, -0.05) is 0 Å². The van der Waals surface area contributed by atoms with Crippen molar-refractivity contribution in [2.45, 2.75) is 45.7 Å². The van der Waals surface area contributed by atoms with Gasteiger partial charge in [0.15, 0.2) is 0 Å². The van der Waals surface area contributed by atoms with Crippen molar-refractivity contribution in [3.8, 4) is 0 Å². The van der Waals surface area contributed by atoms with Gasteiger partial charge in [-0.2, -0.15) is 5.10 Å². The first-order chi connectivity index (χ1) is 6.15. The Morgan fingerprint density at radius 3 is 2.54 bits per heavy atom. The second kappa shape index (κ2) is 2.84. The normalized spacial score (nSPS) is 26.5. The van der Waals surface area contributed by atoms with E-state index in [1.54, 1.807) is 0 Å². The lowest BCUT2D eigenvalue weighted by Crippen LogP contribution is -2.03. The summed E-state index contributed by atoms with van der Waals surface area (Å²) in [6.45, 7) is 7.30. The van der Waals surface area contributed by atoms with Gasteiger partial charge in [0.25, 0.3) is 0 Å². The molecule has 0 saturated heterocycles. The summed E-state index contributed by atoms with van der Waals surface area (Å²) in [5.74, 6) is 0.584. The molecule has 0 spiro atoms. The van der Waals surface area contributed by atoms with Crippen molar-refractivity contribution in [3.05, 3.63) is 17.0 Å². The molecule has 0 bridgehead atoms. The number of aromatic nitrogens is 2. The molecule has 1 aliphatic carbocycles. The SMILES string of the molecule is CCn1nc(C)c(C2CC2N)c1C. The van der Waals surface area contributed by atoms with Crippen molar-refractivity contribution >= 4 is 0 Å². The van der Waals surface area contributed by atoms with E-state index in [0.29, 0.717) is 12.0 Å². The van der Waals surface area contributed by atoms with Gasteiger partial charge in [-0.15, -0.1) is 0 Å². The lowest BCUT2D eigenvalue weighted by molar-refractivity contribution is 0.633. The predicted octanol–water partition coefficient (Wildman–Crippen LogP) is 1.33. The smallest absolute Gasteiger partial charge is 0.0631 e. The molecule has 1 fully saturated rings. The van der Waals surface area contributed by atoms with Gasteiger partial charge in [0.2, 0.25) is 0 Å². The Bertz CT molecular complexity index is 327. The molecule has 0 aromatic carbocycles. The Morgan fingerprint density at radius 1 is 1.54 bits per heavy atom. The van der Waals surface area contributed by atoms with Crippen LogP contribution in [0.25, 0.3) is 0 Å². The third-order valence-corrected chi connectivity index (χ3v) is 2.95. The number of aryl methyl sites for hydroxylation is 2. The van der Waals surface area contributed by atoms with Crippen molar-refractivity contribution in [1.29, 1.82) is 0 Å². The summed E-state index contributed by atoms with van der Waals surface area (Å²) in [7, 11) is 0. The summed E-state index contributed by atoms with van der Waals surface area (Å²) in [5.41, 5.74) is 9.72. The Balaban J connectivity index is 2.39. The summed E-state index contributed by atoms with van der Waals surface area (Å²) >= 11 is 0. The number of hydrogen-bond acceptors (Lipinski definition) is 2. The highest BCUT2D eigenvalue weighted by molar-refractivity contribution is 5.34. The standard InChI is InChI=1S/C10H17N3/c1-4-13-7(3)10(6(2)12-13)8-5-9(8)11/h8-9H,4-5,11H2,1-3H3. The largest absolute Gasteiger partial charge is 0.327 e. The van der Waals surface area contributed by atoms with Crippen LogP contribution in [0, 0.1) is 13.8 Å². The van der Waals surface area contributed by atoms with Crippen LogP contribution < -0.4 is 5.73 Å². The highest BCUT2D eigenvalue weighted by Gasteiger charge is 2.38. The van der Waals surface area contributed by atoms with Gasteiger partial charge in [-0.3, -0.25) is 4.68 Å². The number of nitrogens with two attached hydrogens (primary N) is 1. The molecule has 3 heteroatoms. The third kappa shape index (κ3) is 1.27.